The lowest BCUT2D eigenvalue weighted by Crippen LogP contribution is -2.41. The molecule has 2 atom stereocenters. The van der Waals surface area contributed by atoms with Crippen molar-refractivity contribution in [1.82, 2.24) is 0 Å². The Morgan fingerprint density at radius 1 is 1.55 bits per heavy atom. The van der Waals surface area contributed by atoms with Crippen LogP contribution in [0.25, 0.3) is 0 Å². The minimum atomic E-state index is -0.446. The van der Waals surface area contributed by atoms with Crippen LogP contribution in [-0.2, 0) is 4.79 Å². The predicted octanol–water partition coefficient (Wildman–Crippen LogP) is 1.52. The Morgan fingerprint density at radius 2 is 2.18 bits per heavy atom. The van der Waals surface area contributed by atoms with Gasteiger partial charge in [-0.1, -0.05) is 19.8 Å². The SMILES string of the molecule is CC(=O)[C@@]1(C)CCCC[C@@H]1O. The van der Waals surface area contributed by atoms with Gasteiger partial charge in [-0.2, -0.15) is 0 Å². The van der Waals surface area contributed by atoms with Crippen LogP contribution in [0.4, 0.5) is 0 Å². The van der Waals surface area contributed by atoms with Crippen LogP contribution in [-0.4, -0.2) is 17.0 Å². The Hall–Kier alpha value is -0.370. The van der Waals surface area contributed by atoms with E-state index in [0.717, 1.165) is 25.7 Å². The number of carbonyl (C=O) groups is 1. The highest BCUT2D eigenvalue weighted by Gasteiger charge is 2.39. The molecule has 1 fully saturated rings. The molecule has 1 N–H and O–H groups in total. The van der Waals surface area contributed by atoms with Crippen molar-refractivity contribution in [3.8, 4) is 0 Å². The van der Waals surface area contributed by atoms with Crippen molar-refractivity contribution in [2.75, 3.05) is 0 Å². The van der Waals surface area contributed by atoms with Gasteiger partial charge in [0.15, 0.2) is 0 Å². The van der Waals surface area contributed by atoms with E-state index in [1.165, 1.54) is 0 Å². The molecule has 0 amide bonds. The molecule has 2 heteroatoms. The van der Waals surface area contributed by atoms with E-state index in [9.17, 15) is 9.90 Å². The van der Waals surface area contributed by atoms with Crippen LogP contribution >= 0.6 is 0 Å². The van der Waals surface area contributed by atoms with Crippen molar-refractivity contribution in [2.24, 2.45) is 5.41 Å². The third-order valence-electron chi connectivity index (χ3n) is 2.96. The number of aliphatic hydroxyl groups excluding tert-OH is 1. The van der Waals surface area contributed by atoms with Gasteiger partial charge in [0.1, 0.15) is 5.78 Å². The predicted molar refractivity (Wildman–Crippen MR) is 43.3 cm³/mol. The van der Waals surface area contributed by atoms with Crippen LogP contribution < -0.4 is 0 Å². The molecule has 0 radical (unpaired) electrons. The third kappa shape index (κ3) is 1.45. The highest BCUT2D eigenvalue weighted by Crippen LogP contribution is 2.36. The monoisotopic (exact) mass is 156 g/mol. The van der Waals surface area contributed by atoms with Gasteiger partial charge < -0.3 is 5.11 Å². The maximum absolute atomic E-state index is 11.2. The number of ketones is 1. The van der Waals surface area contributed by atoms with E-state index >= 15 is 0 Å². The first-order valence-corrected chi connectivity index (χ1v) is 4.26. The Morgan fingerprint density at radius 3 is 2.55 bits per heavy atom. The molecule has 1 aliphatic carbocycles. The molecule has 1 saturated carbocycles. The summed E-state index contributed by atoms with van der Waals surface area (Å²) in [5.41, 5.74) is -0.446. The van der Waals surface area contributed by atoms with E-state index < -0.39 is 11.5 Å². The molecule has 11 heavy (non-hydrogen) atoms. The number of hydrogen-bond donors (Lipinski definition) is 1. The normalized spacial score (nSPS) is 38.6. The van der Waals surface area contributed by atoms with Gasteiger partial charge in [-0.05, 0) is 19.8 Å². The van der Waals surface area contributed by atoms with E-state index in [1.807, 2.05) is 6.92 Å². The zero-order chi connectivity index (χ0) is 8.48. The molecule has 0 aromatic rings. The standard InChI is InChI=1S/C9H16O2/c1-7(10)9(2)6-4-3-5-8(9)11/h8,11H,3-6H2,1-2H3/t8-,9+/m0/s1. The second-order valence-corrected chi connectivity index (χ2v) is 3.74. The molecule has 64 valence electrons. The van der Waals surface area contributed by atoms with Crippen LogP contribution in [0.5, 0.6) is 0 Å². The third-order valence-corrected chi connectivity index (χ3v) is 2.96. The lowest BCUT2D eigenvalue weighted by Gasteiger charge is -2.35. The highest BCUT2D eigenvalue weighted by atomic mass is 16.3. The molecule has 0 saturated heterocycles. The van der Waals surface area contributed by atoms with Crippen LogP contribution in [0.15, 0.2) is 0 Å². The Balaban J connectivity index is 2.72. The Kier molecular flexibility index (Phi) is 2.33. The molecule has 0 aliphatic heterocycles. The number of hydrogen-bond acceptors (Lipinski definition) is 2. The van der Waals surface area contributed by atoms with Crippen molar-refractivity contribution in [3.05, 3.63) is 0 Å². The van der Waals surface area contributed by atoms with Gasteiger partial charge in [0.25, 0.3) is 0 Å². The number of rotatable bonds is 1. The molecule has 0 spiro atoms. The number of Topliss-reactive ketones (excluding diaryl/α,β-unsaturated/α-hetero) is 1. The lowest BCUT2D eigenvalue weighted by atomic mass is 9.71. The van der Waals surface area contributed by atoms with Crippen molar-refractivity contribution in [1.29, 1.82) is 0 Å². The van der Waals surface area contributed by atoms with Crippen molar-refractivity contribution < 1.29 is 9.90 Å². The van der Waals surface area contributed by atoms with E-state index in [2.05, 4.69) is 0 Å². The summed E-state index contributed by atoms with van der Waals surface area (Å²) in [5, 5.41) is 9.58. The second-order valence-electron chi connectivity index (χ2n) is 3.74. The van der Waals surface area contributed by atoms with Crippen molar-refractivity contribution >= 4 is 5.78 Å². The van der Waals surface area contributed by atoms with E-state index in [4.69, 9.17) is 0 Å². The Labute approximate surface area is 67.6 Å². The summed E-state index contributed by atoms with van der Waals surface area (Å²) in [6, 6.07) is 0. The van der Waals surface area contributed by atoms with Crippen molar-refractivity contribution in [2.45, 2.75) is 45.6 Å². The fraction of sp³-hybridized carbons (Fsp3) is 0.889. The van der Waals surface area contributed by atoms with Gasteiger partial charge in [-0.15, -0.1) is 0 Å². The summed E-state index contributed by atoms with van der Waals surface area (Å²) in [6.07, 6.45) is 3.37. The molecule has 0 unspecified atom stereocenters. The molecular weight excluding hydrogens is 140 g/mol. The maximum atomic E-state index is 11.2. The Bertz CT molecular complexity index is 165. The van der Waals surface area contributed by atoms with Crippen LogP contribution in [0.1, 0.15) is 39.5 Å². The average Bonchev–Trinajstić information content (AvgIpc) is 1.95. The van der Waals surface area contributed by atoms with Gasteiger partial charge in [0.05, 0.1) is 11.5 Å². The molecule has 0 aromatic heterocycles. The van der Waals surface area contributed by atoms with Gasteiger partial charge >= 0.3 is 0 Å². The molecule has 0 bridgehead atoms. The second kappa shape index (κ2) is 2.94. The first-order chi connectivity index (χ1) is 5.07. The summed E-state index contributed by atoms with van der Waals surface area (Å²) in [5.74, 6) is 0.129. The summed E-state index contributed by atoms with van der Waals surface area (Å²) < 4.78 is 0. The summed E-state index contributed by atoms with van der Waals surface area (Å²) in [4.78, 5) is 11.2. The molecule has 0 aromatic carbocycles. The van der Waals surface area contributed by atoms with Crippen LogP contribution in [0.2, 0.25) is 0 Å². The van der Waals surface area contributed by atoms with Crippen LogP contribution in [0.3, 0.4) is 0 Å². The summed E-state index contributed by atoms with van der Waals surface area (Å²) in [6.45, 7) is 3.45. The molecule has 1 rings (SSSR count). The topological polar surface area (TPSA) is 37.3 Å². The largest absolute Gasteiger partial charge is 0.392 e. The molecule has 1 aliphatic rings. The van der Waals surface area contributed by atoms with Crippen LogP contribution in [0, 0.1) is 5.41 Å². The van der Waals surface area contributed by atoms with Crippen molar-refractivity contribution in [3.63, 3.8) is 0 Å². The van der Waals surface area contributed by atoms with Gasteiger partial charge in [-0.3, -0.25) is 4.79 Å². The first kappa shape index (κ1) is 8.72. The minimum absolute atomic E-state index is 0.129. The highest BCUT2D eigenvalue weighted by molar-refractivity contribution is 5.82. The zero-order valence-corrected chi connectivity index (χ0v) is 7.26. The van der Waals surface area contributed by atoms with E-state index in [0.29, 0.717) is 0 Å². The lowest BCUT2D eigenvalue weighted by molar-refractivity contribution is -0.134. The molecule has 0 heterocycles. The smallest absolute Gasteiger partial charge is 0.138 e. The van der Waals surface area contributed by atoms with Gasteiger partial charge in [-0.25, -0.2) is 0 Å². The summed E-state index contributed by atoms with van der Waals surface area (Å²) >= 11 is 0. The van der Waals surface area contributed by atoms with Gasteiger partial charge in [0.2, 0.25) is 0 Å². The number of aliphatic hydroxyl groups is 1. The fourth-order valence-corrected chi connectivity index (χ4v) is 1.73. The molecule has 2 nitrogen and oxygen atoms in total. The van der Waals surface area contributed by atoms with E-state index in [-0.39, 0.29) is 5.78 Å². The number of carbonyl (C=O) groups excluding carboxylic acids is 1. The fourth-order valence-electron chi connectivity index (χ4n) is 1.73. The maximum Gasteiger partial charge on any atom is 0.138 e. The molecular formula is C9H16O2. The summed E-state index contributed by atoms with van der Waals surface area (Å²) in [7, 11) is 0. The minimum Gasteiger partial charge on any atom is -0.392 e. The van der Waals surface area contributed by atoms with E-state index in [1.54, 1.807) is 6.92 Å². The first-order valence-electron chi connectivity index (χ1n) is 4.26. The zero-order valence-electron chi connectivity index (χ0n) is 7.26. The average molecular weight is 156 g/mol. The van der Waals surface area contributed by atoms with Gasteiger partial charge in [0, 0.05) is 0 Å². The quantitative estimate of drug-likeness (QED) is 0.625.